The first-order valence-corrected chi connectivity index (χ1v) is 9.35. The molecule has 0 aliphatic carbocycles. The fourth-order valence-corrected chi connectivity index (χ4v) is 2.98. The van der Waals surface area contributed by atoms with Gasteiger partial charge in [0.1, 0.15) is 5.82 Å². The second-order valence-corrected chi connectivity index (χ2v) is 6.67. The van der Waals surface area contributed by atoms with Crippen LogP contribution in [0.15, 0.2) is 85.1 Å². The molecule has 0 spiro atoms. The Morgan fingerprint density at radius 2 is 1.65 bits per heavy atom. The number of nitrogens with one attached hydrogen (secondary N) is 1. The van der Waals surface area contributed by atoms with Crippen molar-refractivity contribution in [3.63, 3.8) is 0 Å². The zero-order valence-electron chi connectivity index (χ0n) is 16.1. The van der Waals surface area contributed by atoms with Crippen molar-refractivity contribution in [3.8, 4) is 16.9 Å². The van der Waals surface area contributed by atoms with E-state index in [-0.39, 0.29) is 11.5 Å². The van der Waals surface area contributed by atoms with Crippen LogP contribution in [0.5, 0.6) is 0 Å². The number of aromatic nitrogens is 2. The number of benzene rings is 3. The molecule has 0 atom stereocenters. The number of carbonyl (C=O) groups is 1. The van der Waals surface area contributed by atoms with Crippen molar-refractivity contribution in [2.45, 2.75) is 0 Å². The summed E-state index contributed by atoms with van der Waals surface area (Å²) in [6.45, 7) is 0. The van der Waals surface area contributed by atoms with Crippen LogP contribution in [0, 0.1) is 17.5 Å². The van der Waals surface area contributed by atoms with Gasteiger partial charge in [0, 0.05) is 35.2 Å². The Hall–Kier alpha value is -4.13. The molecule has 0 aliphatic rings. The van der Waals surface area contributed by atoms with Gasteiger partial charge >= 0.3 is 0 Å². The van der Waals surface area contributed by atoms with Gasteiger partial charge in [0.05, 0.1) is 11.4 Å². The summed E-state index contributed by atoms with van der Waals surface area (Å²) in [6.07, 6.45) is 4.57. The van der Waals surface area contributed by atoms with Crippen LogP contribution in [0.25, 0.3) is 23.0 Å². The maximum Gasteiger partial charge on any atom is 0.248 e. The van der Waals surface area contributed by atoms with Crippen LogP contribution in [-0.2, 0) is 4.79 Å². The van der Waals surface area contributed by atoms with Crippen molar-refractivity contribution in [2.75, 3.05) is 5.32 Å². The highest BCUT2D eigenvalue weighted by molar-refractivity contribution is 6.02. The first kappa shape index (κ1) is 20.2. The van der Waals surface area contributed by atoms with Gasteiger partial charge in [0.25, 0.3) is 0 Å². The number of amides is 1. The summed E-state index contributed by atoms with van der Waals surface area (Å²) in [5, 5.41) is 7.06. The largest absolute Gasteiger partial charge is 0.322 e. The van der Waals surface area contributed by atoms with E-state index >= 15 is 0 Å². The minimum atomic E-state index is -1.05. The number of halogens is 3. The van der Waals surface area contributed by atoms with Gasteiger partial charge in [0.15, 0.2) is 11.6 Å². The molecule has 7 heteroatoms. The average molecular weight is 419 g/mol. The van der Waals surface area contributed by atoms with Crippen LogP contribution in [0.3, 0.4) is 0 Å². The number of rotatable bonds is 5. The Labute approximate surface area is 176 Å². The van der Waals surface area contributed by atoms with E-state index in [0.717, 1.165) is 17.8 Å². The van der Waals surface area contributed by atoms with E-state index in [9.17, 15) is 18.0 Å². The fraction of sp³-hybridized carbons (Fsp3) is 0. The van der Waals surface area contributed by atoms with Crippen molar-refractivity contribution in [1.29, 1.82) is 0 Å². The van der Waals surface area contributed by atoms with Crippen molar-refractivity contribution in [2.24, 2.45) is 0 Å². The molecule has 1 aromatic heterocycles. The zero-order valence-corrected chi connectivity index (χ0v) is 16.1. The molecule has 1 N–H and O–H groups in total. The van der Waals surface area contributed by atoms with E-state index in [1.54, 1.807) is 29.1 Å². The smallest absolute Gasteiger partial charge is 0.248 e. The van der Waals surface area contributed by atoms with E-state index in [2.05, 4.69) is 10.4 Å². The molecule has 4 aromatic rings. The third kappa shape index (κ3) is 4.72. The minimum absolute atomic E-state index is 0.132. The van der Waals surface area contributed by atoms with Crippen molar-refractivity contribution >= 4 is 17.7 Å². The highest BCUT2D eigenvalue weighted by Gasteiger charge is 2.11. The lowest BCUT2D eigenvalue weighted by Crippen LogP contribution is -2.08. The van der Waals surface area contributed by atoms with Gasteiger partial charge in [-0.15, -0.1) is 0 Å². The third-order valence-corrected chi connectivity index (χ3v) is 4.48. The van der Waals surface area contributed by atoms with Gasteiger partial charge < -0.3 is 5.32 Å². The Morgan fingerprint density at radius 3 is 2.35 bits per heavy atom. The van der Waals surface area contributed by atoms with Crippen LogP contribution in [0.1, 0.15) is 5.56 Å². The van der Waals surface area contributed by atoms with Gasteiger partial charge in [0.2, 0.25) is 5.91 Å². The van der Waals surface area contributed by atoms with Crippen LogP contribution in [0.4, 0.5) is 18.9 Å². The molecule has 4 nitrogen and oxygen atoms in total. The summed E-state index contributed by atoms with van der Waals surface area (Å²) in [7, 11) is 0. The molecule has 31 heavy (non-hydrogen) atoms. The zero-order chi connectivity index (χ0) is 21.8. The van der Waals surface area contributed by atoms with Gasteiger partial charge in [-0.1, -0.05) is 18.2 Å². The normalized spacial score (nSPS) is 11.1. The van der Waals surface area contributed by atoms with E-state index in [4.69, 9.17) is 0 Å². The number of hydrogen-bond donors (Lipinski definition) is 1. The molecule has 0 radical (unpaired) electrons. The SMILES string of the molecule is O=C(C=Cc1cn(-c2ccccc2)nc1-c1ccc(F)cc1)Nc1ccc(F)c(F)c1. The predicted molar refractivity (Wildman–Crippen MR) is 113 cm³/mol. The van der Waals surface area contributed by atoms with E-state index in [0.29, 0.717) is 16.8 Å². The van der Waals surface area contributed by atoms with Crippen LogP contribution < -0.4 is 5.32 Å². The fourth-order valence-electron chi connectivity index (χ4n) is 2.98. The summed E-state index contributed by atoms with van der Waals surface area (Å²) in [5.41, 5.74) is 2.80. The lowest BCUT2D eigenvalue weighted by atomic mass is 10.1. The van der Waals surface area contributed by atoms with E-state index < -0.39 is 17.5 Å². The first-order chi connectivity index (χ1) is 15.0. The van der Waals surface area contributed by atoms with Crippen molar-refractivity contribution < 1.29 is 18.0 Å². The molecule has 0 saturated heterocycles. The summed E-state index contributed by atoms with van der Waals surface area (Å²) in [6, 6.07) is 18.4. The Bertz CT molecular complexity index is 1250. The highest BCUT2D eigenvalue weighted by Crippen LogP contribution is 2.25. The highest BCUT2D eigenvalue weighted by atomic mass is 19.2. The van der Waals surface area contributed by atoms with Crippen molar-refractivity contribution in [3.05, 3.63) is 108 Å². The topological polar surface area (TPSA) is 46.9 Å². The maximum atomic E-state index is 13.3. The molecule has 0 bridgehead atoms. The summed E-state index contributed by atoms with van der Waals surface area (Å²) in [4.78, 5) is 12.3. The molecule has 0 saturated carbocycles. The Kier molecular flexibility index (Phi) is 5.66. The van der Waals surface area contributed by atoms with Crippen LogP contribution in [-0.4, -0.2) is 15.7 Å². The van der Waals surface area contributed by atoms with E-state index in [1.807, 2.05) is 30.3 Å². The maximum absolute atomic E-state index is 13.3. The molecule has 1 heterocycles. The summed E-state index contributed by atoms with van der Waals surface area (Å²) >= 11 is 0. The number of para-hydroxylation sites is 1. The molecule has 154 valence electrons. The number of anilines is 1. The van der Waals surface area contributed by atoms with Gasteiger partial charge in [-0.2, -0.15) is 5.10 Å². The molecule has 4 rings (SSSR count). The molecule has 0 aliphatic heterocycles. The Morgan fingerprint density at radius 1 is 0.903 bits per heavy atom. The molecule has 0 unspecified atom stereocenters. The average Bonchev–Trinajstić information content (AvgIpc) is 3.20. The second kappa shape index (κ2) is 8.71. The standard InChI is InChI=1S/C24H16F3N3O/c25-18-9-6-16(7-10-18)24-17(15-30(29-24)20-4-2-1-3-5-20)8-13-23(31)28-19-11-12-21(26)22(27)14-19/h1-15H,(H,28,31). The molecule has 0 fully saturated rings. The molecule has 1 amide bonds. The third-order valence-electron chi connectivity index (χ3n) is 4.48. The molecule has 3 aromatic carbocycles. The second-order valence-electron chi connectivity index (χ2n) is 6.67. The quantitative estimate of drug-likeness (QED) is 0.428. The Balaban J connectivity index is 1.64. The minimum Gasteiger partial charge on any atom is -0.322 e. The van der Waals surface area contributed by atoms with Crippen LogP contribution >= 0.6 is 0 Å². The van der Waals surface area contributed by atoms with Gasteiger partial charge in [-0.25, -0.2) is 17.9 Å². The first-order valence-electron chi connectivity index (χ1n) is 9.35. The number of hydrogen-bond acceptors (Lipinski definition) is 2. The van der Waals surface area contributed by atoms with Crippen molar-refractivity contribution in [1.82, 2.24) is 9.78 Å². The van der Waals surface area contributed by atoms with E-state index in [1.165, 1.54) is 24.3 Å². The van der Waals surface area contributed by atoms with Crippen LogP contribution in [0.2, 0.25) is 0 Å². The predicted octanol–water partition coefficient (Wildman–Crippen LogP) is 5.61. The molecular weight excluding hydrogens is 403 g/mol. The van der Waals surface area contributed by atoms with Gasteiger partial charge in [-0.05, 0) is 54.6 Å². The number of nitrogens with zero attached hydrogens (tertiary/aromatic N) is 2. The lowest BCUT2D eigenvalue weighted by molar-refractivity contribution is -0.111. The monoisotopic (exact) mass is 419 g/mol. The molecular formula is C24H16F3N3O. The summed E-state index contributed by atoms with van der Waals surface area (Å²) in [5.74, 6) is -2.94. The summed E-state index contributed by atoms with van der Waals surface area (Å²) < 4.78 is 41.4. The number of carbonyl (C=O) groups excluding carboxylic acids is 1. The lowest BCUT2D eigenvalue weighted by Gasteiger charge is -2.02. The van der Waals surface area contributed by atoms with Gasteiger partial charge in [-0.3, -0.25) is 4.79 Å².